The molecule has 4 heteroatoms. The van der Waals surface area contributed by atoms with Gasteiger partial charge in [-0.05, 0) is 24.6 Å². The minimum Gasteiger partial charge on any atom is -0.398 e. The monoisotopic (exact) mass is 198 g/mol. The number of hydrogen-bond acceptors (Lipinski definition) is 2. The molecule has 0 aliphatic rings. The number of anilines is 2. The summed E-state index contributed by atoms with van der Waals surface area (Å²) < 4.78 is 0. The number of carbonyl (C=O) groups excluding carboxylic acids is 1. The van der Waals surface area contributed by atoms with E-state index < -0.39 is 0 Å². The molecule has 0 aliphatic carbocycles. The summed E-state index contributed by atoms with van der Waals surface area (Å²) >= 11 is 5.79. The van der Waals surface area contributed by atoms with Gasteiger partial charge in [-0.2, -0.15) is 0 Å². The van der Waals surface area contributed by atoms with Crippen LogP contribution in [0.3, 0.4) is 0 Å². The molecule has 13 heavy (non-hydrogen) atoms. The lowest BCUT2D eigenvalue weighted by atomic mass is 10.2. The van der Waals surface area contributed by atoms with Gasteiger partial charge in [-0.3, -0.25) is 4.79 Å². The largest absolute Gasteiger partial charge is 0.398 e. The van der Waals surface area contributed by atoms with E-state index >= 15 is 0 Å². The minimum absolute atomic E-state index is 0.121. The van der Waals surface area contributed by atoms with Crippen molar-refractivity contribution >= 4 is 28.9 Å². The number of aryl methyl sites for hydroxylation is 1. The van der Waals surface area contributed by atoms with E-state index in [4.69, 9.17) is 17.3 Å². The Morgan fingerprint density at radius 3 is 2.69 bits per heavy atom. The molecule has 3 N–H and O–H groups in total. The molecule has 0 aliphatic heterocycles. The van der Waals surface area contributed by atoms with Gasteiger partial charge < -0.3 is 11.1 Å². The number of hydrogen-bond donors (Lipinski definition) is 2. The SMILES string of the molecule is CC(=O)Nc1cc(Cl)c(N)cc1C. The van der Waals surface area contributed by atoms with Crippen LogP contribution in [0.5, 0.6) is 0 Å². The van der Waals surface area contributed by atoms with Crippen molar-refractivity contribution in [2.45, 2.75) is 13.8 Å². The molecule has 0 radical (unpaired) electrons. The second-order valence-corrected chi connectivity index (χ2v) is 3.28. The molecule has 70 valence electrons. The predicted molar refractivity (Wildman–Crippen MR) is 54.9 cm³/mol. The summed E-state index contributed by atoms with van der Waals surface area (Å²) in [6.07, 6.45) is 0. The molecule has 0 bridgehead atoms. The van der Waals surface area contributed by atoms with E-state index in [0.29, 0.717) is 16.4 Å². The molecule has 0 spiro atoms. The fraction of sp³-hybridized carbons (Fsp3) is 0.222. The van der Waals surface area contributed by atoms with Crippen LogP contribution < -0.4 is 11.1 Å². The van der Waals surface area contributed by atoms with Gasteiger partial charge in [-0.1, -0.05) is 11.6 Å². The molecular weight excluding hydrogens is 188 g/mol. The molecule has 1 amide bonds. The second kappa shape index (κ2) is 3.66. The van der Waals surface area contributed by atoms with Crippen LogP contribution in [0.4, 0.5) is 11.4 Å². The molecule has 0 aromatic heterocycles. The van der Waals surface area contributed by atoms with Crippen LogP contribution in [0.1, 0.15) is 12.5 Å². The van der Waals surface area contributed by atoms with Gasteiger partial charge in [0, 0.05) is 12.6 Å². The van der Waals surface area contributed by atoms with Crippen LogP contribution in [0.2, 0.25) is 5.02 Å². The number of nitrogen functional groups attached to an aromatic ring is 1. The van der Waals surface area contributed by atoms with Crippen molar-refractivity contribution in [2.24, 2.45) is 0 Å². The zero-order valence-electron chi connectivity index (χ0n) is 7.52. The normalized spacial score (nSPS) is 9.77. The maximum atomic E-state index is 10.8. The molecule has 0 saturated carbocycles. The first-order chi connectivity index (χ1) is 6.00. The third-order valence-corrected chi connectivity index (χ3v) is 1.98. The van der Waals surface area contributed by atoms with Crippen molar-refractivity contribution < 1.29 is 4.79 Å². The predicted octanol–water partition coefficient (Wildman–Crippen LogP) is 2.19. The Kier molecular flexibility index (Phi) is 2.78. The van der Waals surface area contributed by atoms with Crippen molar-refractivity contribution in [3.05, 3.63) is 22.7 Å². The summed E-state index contributed by atoms with van der Waals surface area (Å²) in [5, 5.41) is 3.12. The number of nitrogens with two attached hydrogens (primary N) is 1. The quantitative estimate of drug-likeness (QED) is 0.680. The standard InChI is InChI=1S/C9H11ClN2O/c1-5-3-8(11)7(10)4-9(5)12-6(2)13/h3-4H,11H2,1-2H3,(H,12,13). The van der Waals surface area contributed by atoms with Gasteiger partial charge in [0.2, 0.25) is 5.91 Å². The van der Waals surface area contributed by atoms with E-state index in [0.717, 1.165) is 5.56 Å². The molecule has 3 nitrogen and oxygen atoms in total. The van der Waals surface area contributed by atoms with Crippen molar-refractivity contribution in [3.8, 4) is 0 Å². The highest BCUT2D eigenvalue weighted by Crippen LogP contribution is 2.26. The first kappa shape index (κ1) is 9.86. The third kappa shape index (κ3) is 2.36. The fourth-order valence-corrected chi connectivity index (χ4v) is 1.19. The number of rotatable bonds is 1. The summed E-state index contributed by atoms with van der Waals surface area (Å²) in [6, 6.07) is 3.38. The highest BCUT2D eigenvalue weighted by molar-refractivity contribution is 6.33. The van der Waals surface area contributed by atoms with Crippen molar-refractivity contribution in [2.75, 3.05) is 11.1 Å². The highest BCUT2D eigenvalue weighted by atomic mass is 35.5. The van der Waals surface area contributed by atoms with Gasteiger partial charge >= 0.3 is 0 Å². The summed E-state index contributed by atoms with van der Waals surface area (Å²) in [5.74, 6) is -0.121. The van der Waals surface area contributed by atoms with Crippen molar-refractivity contribution in [3.63, 3.8) is 0 Å². The molecule has 1 aromatic carbocycles. The van der Waals surface area contributed by atoms with E-state index in [1.165, 1.54) is 6.92 Å². The van der Waals surface area contributed by atoms with Crippen LogP contribution in [0.25, 0.3) is 0 Å². The first-order valence-electron chi connectivity index (χ1n) is 3.84. The van der Waals surface area contributed by atoms with Crippen LogP contribution >= 0.6 is 11.6 Å². The zero-order chi connectivity index (χ0) is 10.0. The van der Waals surface area contributed by atoms with Gasteiger partial charge in [0.05, 0.1) is 10.7 Å². The van der Waals surface area contributed by atoms with Crippen LogP contribution in [-0.4, -0.2) is 5.91 Å². The third-order valence-electron chi connectivity index (χ3n) is 1.65. The lowest BCUT2D eigenvalue weighted by molar-refractivity contribution is -0.114. The average molecular weight is 199 g/mol. The van der Waals surface area contributed by atoms with Crippen LogP contribution in [-0.2, 0) is 4.79 Å². The van der Waals surface area contributed by atoms with E-state index in [9.17, 15) is 4.79 Å². The van der Waals surface area contributed by atoms with Gasteiger partial charge in [-0.25, -0.2) is 0 Å². The Hall–Kier alpha value is -1.22. The Morgan fingerprint density at radius 1 is 1.54 bits per heavy atom. The summed E-state index contributed by atoms with van der Waals surface area (Å²) in [7, 11) is 0. The molecule has 0 fully saturated rings. The first-order valence-corrected chi connectivity index (χ1v) is 4.21. The highest BCUT2D eigenvalue weighted by Gasteiger charge is 2.04. The molecular formula is C9H11ClN2O. The number of benzene rings is 1. The number of halogens is 1. The lowest BCUT2D eigenvalue weighted by Crippen LogP contribution is -2.07. The molecule has 0 atom stereocenters. The zero-order valence-corrected chi connectivity index (χ0v) is 8.27. The Labute approximate surface area is 81.9 Å². The van der Waals surface area contributed by atoms with E-state index in [1.807, 2.05) is 6.92 Å². The van der Waals surface area contributed by atoms with E-state index in [-0.39, 0.29) is 5.91 Å². The maximum absolute atomic E-state index is 10.8. The van der Waals surface area contributed by atoms with Gasteiger partial charge in [0.1, 0.15) is 0 Å². The summed E-state index contributed by atoms with van der Waals surface area (Å²) in [5.41, 5.74) is 7.70. The van der Waals surface area contributed by atoms with Crippen molar-refractivity contribution in [1.29, 1.82) is 0 Å². The summed E-state index contributed by atoms with van der Waals surface area (Å²) in [4.78, 5) is 10.8. The lowest BCUT2D eigenvalue weighted by Gasteiger charge is -2.08. The van der Waals surface area contributed by atoms with Gasteiger partial charge in [-0.15, -0.1) is 0 Å². The maximum Gasteiger partial charge on any atom is 0.221 e. The van der Waals surface area contributed by atoms with Gasteiger partial charge in [0.15, 0.2) is 0 Å². The minimum atomic E-state index is -0.121. The molecule has 0 saturated heterocycles. The molecule has 1 rings (SSSR count). The average Bonchev–Trinajstić information content (AvgIpc) is 1.99. The number of nitrogens with one attached hydrogen (secondary N) is 1. The summed E-state index contributed by atoms with van der Waals surface area (Å²) in [6.45, 7) is 3.31. The smallest absolute Gasteiger partial charge is 0.221 e. The Morgan fingerprint density at radius 2 is 2.15 bits per heavy atom. The molecule has 0 unspecified atom stereocenters. The Balaban J connectivity index is 3.08. The number of carbonyl (C=O) groups is 1. The topological polar surface area (TPSA) is 55.1 Å². The van der Waals surface area contributed by atoms with Crippen molar-refractivity contribution in [1.82, 2.24) is 0 Å². The number of amides is 1. The second-order valence-electron chi connectivity index (χ2n) is 2.87. The fourth-order valence-electron chi connectivity index (χ4n) is 1.03. The van der Waals surface area contributed by atoms with Crippen LogP contribution in [0, 0.1) is 6.92 Å². The molecule has 1 aromatic rings. The molecule has 0 heterocycles. The van der Waals surface area contributed by atoms with Gasteiger partial charge in [0.25, 0.3) is 0 Å². The van der Waals surface area contributed by atoms with E-state index in [1.54, 1.807) is 12.1 Å². The Bertz CT molecular complexity index is 350. The van der Waals surface area contributed by atoms with Crippen LogP contribution in [0.15, 0.2) is 12.1 Å². The van der Waals surface area contributed by atoms with E-state index in [2.05, 4.69) is 5.32 Å².